The molecule has 0 radical (unpaired) electrons. The molecule has 0 saturated carbocycles. The predicted octanol–water partition coefficient (Wildman–Crippen LogP) is 4.37. The first kappa shape index (κ1) is 21.7. The number of carbonyl (C=O) groups excluding carboxylic acids is 1. The van der Waals surface area contributed by atoms with Crippen LogP contribution in [-0.2, 0) is 35.3 Å². The topological polar surface area (TPSA) is 69.6 Å². The summed E-state index contributed by atoms with van der Waals surface area (Å²) >= 11 is -2.10. The monoisotopic (exact) mass is 426 g/mol. The number of amides is 1. The van der Waals surface area contributed by atoms with Crippen LogP contribution in [0.3, 0.4) is 0 Å². The van der Waals surface area contributed by atoms with Gasteiger partial charge in [0.1, 0.15) is 5.82 Å². The summed E-state index contributed by atoms with van der Waals surface area (Å²) in [6, 6.07) is 21.1. The first-order valence-corrected chi connectivity index (χ1v) is 10.6. The summed E-state index contributed by atoms with van der Waals surface area (Å²) in [5, 5.41) is 0. The van der Waals surface area contributed by atoms with Crippen LogP contribution in [0.25, 0.3) is 0 Å². The van der Waals surface area contributed by atoms with E-state index in [9.17, 15) is 13.4 Å². The van der Waals surface area contributed by atoms with E-state index in [1.54, 1.807) is 30.1 Å². The van der Waals surface area contributed by atoms with Crippen LogP contribution in [0, 0.1) is 5.82 Å². The van der Waals surface area contributed by atoms with E-state index in [1.807, 2.05) is 42.5 Å². The number of anilines is 2. The van der Waals surface area contributed by atoms with Gasteiger partial charge in [-0.25, -0.2) is 8.60 Å². The maximum Gasteiger partial charge on any atom is 0.259 e. The van der Waals surface area contributed by atoms with Crippen LogP contribution in [0.2, 0.25) is 0 Å². The van der Waals surface area contributed by atoms with Gasteiger partial charge in [0.25, 0.3) is 11.3 Å². The molecule has 1 amide bonds. The van der Waals surface area contributed by atoms with Crippen LogP contribution in [0.15, 0.2) is 72.8 Å². The number of rotatable bonds is 8. The van der Waals surface area contributed by atoms with E-state index >= 15 is 0 Å². The second kappa shape index (κ2) is 10.1. The minimum atomic E-state index is -2.10. The van der Waals surface area contributed by atoms with E-state index < -0.39 is 11.3 Å². The fourth-order valence-electron chi connectivity index (χ4n) is 3.14. The summed E-state index contributed by atoms with van der Waals surface area (Å²) in [5.41, 5.74) is 4.27. The third-order valence-electron chi connectivity index (χ3n) is 4.78. The molecule has 0 aliphatic heterocycles. The van der Waals surface area contributed by atoms with Crippen LogP contribution < -0.4 is 9.62 Å². The first-order chi connectivity index (χ1) is 14.4. The Balaban J connectivity index is 1.63. The lowest BCUT2D eigenvalue weighted by molar-refractivity contribution is -0.117. The lowest BCUT2D eigenvalue weighted by Gasteiger charge is -2.18. The normalized spacial score (nSPS) is 11.7. The predicted molar refractivity (Wildman–Crippen MR) is 118 cm³/mol. The Morgan fingerprint density at radius 2 is 1.60 bits per heavy atom. The van der Waals surface area contributed by atoms with Crippen molar-refractivity contribution in [3.63, 3.8) is 0 Å². The van der Waals surface area contributed by atoms with Gasteiger partial charge >= 0.3 is 0 Å². The van der Waals surface area contributed by atoms with Crippen molar-refractivity contribution in [3.8, 4) is 0 Å². The molecule has 0 bridgehead atoms. The van der Waals surface area contributed by atoms with E-state index in [0.717, 1.165) is 35.2 Å². The zero-order valence-corrected chi connectivity index (χ0v) is 17.4. The summed E-state index contributed by atoms with van der Waals surface area (Å²) in [6.07, 6.45) is 1.72. The molecule has 3 rings (SSSR count). The summed E-state index contributed by atoms with van der Waals surface area (Å²) in [7, 11) is 1.73. The molecule has 0 fully saturated rings. The highest BCUT2D eigenvalue weighted by atomic mass is 32.2. The van der Waals surface area contributed by atoms with Crippen LogP contribution in [0.1, 0.15) is 16.7 Å². The van der Waals surface area contributed by atoms with E-state index in [1.165, 1.54) is 12.1 Å². The Kier molecular flexibility index (Phi) is 7.32. The number of benzene rings is 3. The highest BCUT2D eigenvalue weighted by Crippen LogP contribution is 2.19. The van der Waals surface area contributed by atoms with Crippen LogP contribution >= 0.6 is 0 Å². The Morgan fingerprint density at radius 1 is 0.967 bits per heavy atom. The lowest BCUT2D eigenvalue weighted by Crippen LogP contribution is -2.27. The maximum absolute atomic E-state index is 13.0. The molecule has 3 aromatic rings. The van der Waals surface area contributed by atoms with Gasteiger partial charge in [0.15, 0.2) is 0 Å². The number of halogens is 1. The van der Waals surface area contributed by atoms with Crippen molar-refractivity contribution in [1.29, 1.82) is 0 Å². The van der Waals surface area contributed by atoms with Gasteiger partial charge in [0.2, 0.25) is 5.91 Å². The average Bonchev–Trinajstić information content (AvgIpc) is 2.73. The van der Waals surface area contributed by atoms with Gasteiger partial charge in [-0.05, 0) is 65.9 Å². The Morgan fingerprint density at radius 3 is 2.27 bits per heavy atom. The number of nitrogens with zero attached hydrogens (tertiary/aromatic N) is 1. The van der Waals surface area contributed by atoms with Gasteiger partial charge in [0.05, 0.1) is 6.42 Å². The Bertz CT molecular complexity index is 1040. The SMILES string of the molecule is CN(C(=O)Cc1ccc(F)cc1)c1cccc(CCc2cccc(NS(=O)O)c2)c1. The highest BCUT2D eigenvalue weighted by molar-refractivity contribution is 7.80. The largest absolute Gasteiger partial charge is 0.315 e. The van der Waals surface area contributed by atoms with E-state index in [0.29, 0.717) is 5.69 Å². The van der Waals surface area contributed by atoms with Crippen molar-refractivity contribution in [2.24, 2.45) is 0 Å². The smallest absolute Gasteiger partial charge is 0.259 e. The molecular formula is C23H23FN2O3S. The molecule has 7 heteroatoms. The third-order valence-corrected chi connectivity index (χ3v) is 5.19. The minimum Gasteiger partial charge on any atom is -0.315 e. The van der Waals surface area contributed by atoms with Crippen molar-refractivity contribution in [2.45, 2.75) is 19.3 Å². The number of likely N-dealkylation sites (N-methyl/N-ethyl adjacent to an activating group) is 1. The second-order valence-corrected chi connectivity index (χ2v) is 7.68. The van der Waals surface area contributed by atoms with Gasteiger partial charge in [-0.15, -0.1) is 0 Å². The summed E-state index contributed by atoms with van der Waals surface area (Å²) in [4.78, 5) is 14.2. The molecule has 0 aromatic heterocycles. The van der Waals surface area contributed by atoms with Crippen molar-refractivity contribution < 1.29 is 17.9 Å². The summed E-state index contributed by atoms with van der Waals surface area (Å²) in [6.45, 7) is 0. The van der Waals surface area contributed by atoms with Crippen molar-refractivity contribution in [2.75, 3.05) is 16.7 Å². The Labute approximate surface area is 178 Å². The van der Waals surface area contributed by atoms with Gasteiger partial charge < -0.3 is 4.90 Å². The number of carbonyl (C=O) groups is 1. The molecule has 3 aromatic carbocycles. The van der Waals surface area contributed by atoms with Gasteiger partial charge in [-0.2, -0.15) is 0 Å². The molecule has 156 valence electrons. The quantitative estimate of drug-likeness (QED) is 0.526. The van der Waals surface area contributed by atoms with Crippen molar-refractivity contribution in [1.82, 2.24) is 0 Å². The van der Waals surface area contributed by atoms with E-state index in [2.05, 4.69) is 4.72 Å². The van der Waals surface area contributed by atoms with Crippen molar-refractivity contribution >= 4 is 28.5 Å². The molecule has 5 nitrogen and oxygen atoms in total. The zero-order chi connectivity index (χ0) is 21.5. The molecule has 1 atom stereocenters. The summed E-state index contributed by atoms with van der Waals surface area (Å²) < 4.78 is 35.4. The van der Waals surface area contributed by atoms with Crippen molar-refractivity contribution in [3.05, 3.63) is 95.3 Å². The fraction of sp³-hybridized carbons (Fsp3) is 0.174. The highest BCUT2D eigenvalue weighted by Gasteiger charge is 2.12. The fourth-order valence-corrected chi connectivity index (χ4v) is 3.47. The molecule has 0 aliphatic rings. The van der Waals surface area contributed by atoms with E-state index in [-0.39, 0.29) is 18.1 Å². The lowest BCUT2D eigenvalue weighted by atomic mass is 10.0. The molecule has 0 heterocycles. The molecule has 0 spiro atoms. The summed E-state index contributed by atoms with van der Waals surface area (Å²) in [5.74, 6) is -0.396. The number of hydrogen-bond acceptors (Lipinski definition) is 2. The molecule has 30 heavy (non-hydrogen) atoms. The average molecular weight is 427 g/mol. The van der Waals surface area contributed by atoms with Gasteiger partial charge in [-0.3, -0.25) is 14.1 Å². The van der Waals surface area contributed by atoms with Gasteiger partial charge in [-0.1, -0.05) is 36.4 Å². The van der Waals surface area contributed by atoms with Crippen LogP contribution in [0.5, 0.6) is 0 Å². The zero-order valence-electron chi connectivity index (χ0n) is 16.5. The first-order valence-electron chi connectivity index (χ1n) is 9.47. The van der Waals surface area contributed by atoms with Crippen LogP contribution in [-0.4, -0.2) is 21.7 Å². The van der Waals surface area contributed by atoms with E-state index in [4.69, 9.17) is 4.55 Å². The number of aryl methyl sites for hydroxylation is 2. The third kappa shape index (κ3) is 6.23. The minimum absolute atomic E-state index is 0.0745. The number of nitrogens with one attached hydrogen (secondary N) is 1. The van der Waals surface area contributed by atoms with Gasteiger partial charge in [0, 0.05) is 18.4 Å². The number of hydrogen-bond donors (Lipinski definition) is 2. The molecule has 0 saturated heterocycles. The standard InChI is InChI=1S/C23H23FN2O3S/c1-26(23(27)16-19-10-12-20(24)13-11-19)22-7-3-5-18(15-22)9-8-17-4-2-6-21(14-17)25-30(28)29/h2-7,10-15,25H,8-9,16H2,1H3,(H,28,29). The maximum atomic E-state index is 13.0. The van der Waals surface area contributed by atoms with Crippen LogP contribution in [0.4, 0.5) is 15.8 Å². The Hall–Kier alpha value is -3.03. The molecular weight excluding hydrogens is 403 g/mol. The molecule has 1 unspecified atom stereocenters. The molecule has 0 aliphatic carbocycles. The molecule has 2 N–H and O–H groups in total. The second-order valence-electron chi connectivity index (χ2n) is 6.98.